The van der Waals surface area contributed by atoms with Crippen molar-refractivity contribution in [2.75, 3.05) is 6.61 Å². The number of halogens is 1. The van der Waals surface area contributed by atoms with Crippen LogP contribution in [0.4, 0.5) is 0 Å². The first-order chi connectivity index (χ1) is 9.45. The van der Waals surface area contributed by atoms with E-state index in [0.29, 0.717) is 21.5 Å². The molecule has 4 N–H and O–H groups in total. The van der Waals surface area contributed by atoms with E-state index in [1.807, 2.05) is 0 Å². The smallest absolute Gasteiger partial charge is 0.260 e. The van der Waals surface area contributed by atoms with Crippen LogP contribution < -0.4 is 11.3 Å². The summed E-state index contributed by atoms with van der Waals surface area (Å²) in [6.45, 7) is 1.31. The number of aromatic nitrogens is 1. The lowest BCUT2D eigenvalue weighted by molar-refractivity contribution is 0.0796. The Morgan fingerprint density at radius 2 is 2.15 bits per heavy atom. The van der Waals surface area contributed by atoms with Crippen LogP contribution in [0.3, 0.4) is 0 Å². The molecule has 108 valence electrons. The van der Waals surface area contributed by atoms with E-state index in [-0.39, 0.29) is 18.1 Å². The highest BCUT2D eigenvalue weighted by Crippen LogP contribution is 2.22. The average molecular weight is 297 g/mol. The third-order valence-electron chi connectivity index (χ3n) is 3.19. The second-order valence-corrected chi connectivity index (χ2v) is 5.22. The van der Waals surface area contributed by atoms with Crippen molar-refractivity contribution in [2.24, 2.45) is 5.73 Å². The molecule has 0 fully saturated rings. The molecule has 6 heteroatoms. The molecule has 0 spiro atoms. The molecular weight excluding hydrogens is 280 g/mol. The molecule has 2 rings (SSSR count). The van der Waals surface area contributed by atoms with E-state index in [1.165, 1.54) is 4.57 Å². The van der Waals surface area contributed by atoms with Gasteiger partial charge in [0.25, 0.3) is 5.56 Å². The molecule has 0 aliphatic carbocycles. The van der Waals surface area contributed by atoms with Gasteiger partial charge < -0.3 is 20.5 Å². The minimum Gasteiger partial charge on any atom is -0.394 e. The fraction of sp³-hybridized carbons (Fsp3) is 0.357. The second kappa shape index (κ2) is 5.93. The molecule has 0 saturated carbocycles. The highest BCUT2D eigenvalue weighted by molar-refractivity contribution is 6.35. The molecular formula is C14H17ClN2O3. The van der Waals surface area contributed by atoms with Crippen LogP contribution in [0, 0.1) is 0 Å². The molecule has 1 aromatic heterocycles. The molecule has 0 aliphatic heterocycles. The number of hydrogen-bond acceptors (Lipinski definition) is 4. The van der Waals surface area contributed by atoms with Crippen LogP contribution >= 0.6 is 11.6 Å². The molecule has 2 atom stereocenters. The number of hydrogen-bond donors (Lipinski definition) is 3. The van der Waals surface area contributed by atoms with Crippen LogP contribution in [-0.4, -0.2) is 27.5 Å². The van der Waals surface area contributed by atoms with Crippen molar-refractivity contribution in [1.29, 1.82) is 0 Å². The van der Waals surface area contributed by atoms with Gasteiger partial charge in [0.2, 0.25) is 0 Å². The van der Waals surface area contributed by atoms with Crippen molar-refractivity contribution in [2.45, 2.75) is 25.6 Å². The van der Waals surface area contributed by atoms with Gasteiger partial charge in [-0.05, 0) is 24.4 Å². The predicted octanol–water partition coefficient (Wildman–Crippen LogP) is 1.03. The molecule has 5 nitrogen and oxygen atoms in total. The number of fused-ring (bicyclic) bond motifs is 1. The minimum atomic E-state index is -1.02. The highest BCUT2D eigenvalue weighted by atomic mass is 35.5. The summed E-state index contributed by atoms with van der Waals surface area (Å²) in [5.41, 5.74) is 6.18. The SMILES string of the molecule is C[C@H](N)c1cc2cccc(Cl)c2c(=O)n1CC(O)CO. The maximum Gasteiger partial charge on any atom is 0.260 e. The molecule has 2 aromatic rings. The highest BCUT2D eigenvalue weighted by Gasteiger charge is 2.16. The zero-order valence-electron chi connectivity index (χ0n) is 11.1. The van der Waals surface area contributed by atoms with Crippen molar-refractivity contribution in [3.8, 4) is 0 Å². The van der Waals surface area contributed by atoms with Crippen LogP contribution in [0.5, 0.6) is 0 Å². The number of benzene rings is 1. The molecule has 20 heavy (non-hydrogen) atoms. The van der Waals surface area contributed by atoms with E-state index < -0.39 is 12.7 Å². The van der Waals surface area contributed by atoms with Crippen molar-refractivity contribution in [3.63, 3.8) is 0 Å². The van der Waals surface area contributed by atoms with Crippen LogP contribution in [0.15, 0.2) is 29.1 Å². The van der Waals surface area contributed by atoms with Gasteiger partial charge in [0, 0.05) is 11.7 Å². The Morgan fingerprint density at radius 1 is 1.45 bits per heavy atom. The molecule has 0 amide bonds. The number of aliphatic hydroxyl groups excluding tert-OH is 2. The van der Waals surface area contributed by atoms with Crippen LogP contribution in [0.25, 0.3) is 10.8 Å². The van der Waals surface area contributed by atoms with Crippen molar-refractivity contribution >= 4 is 22.4 Å². The van der Waals surface area contributed by atoms with Crippen molar-refractivity contribution in [1.82, 2.24) is 4.57 Å². The van der Waals surface area contributed by atoms with E-state index in [4.69, 9.17) is 22.4 Å². The van der Waals surface area contributed by atoms with Gasteiger partial charge in [-0.3, -0.25) is 4.79 Å². The van der Waals surface area contributed by atoms with Gasteiger partial charge in [-0.1, -0.05) is 23.7 Å². The van der Waals surface area contributed by atoms with E-state index in [0.717, 1.165) is 0 Å². The minimum absolute atomic E-state index is 0.0205. The zero-order chi connectivity index (χ0) is 14.9. The topological polar surface area (TPSA) is 88.5 Å². The van der Waals surface area contributed by atoms with E-state index >= 15 is 0 Å². The second-order valence-electron chi connectivity index (χ2n) is 4.81. The van der Waals surface area contributed by atoms with E-state index in [1.54, 1.807) is 31.2 Å². The zero-order valence-corrected chi connectivity index (χ0v) is 11.8. The summed E-state index contributed by atoms with van der Waals surface area (Å²) in [4.78, 5) is 12.6. The maximum atomic E-state index is 12.6. The van der Waals surface area contributed by atoms with Gasteiger partial charge in [0.1, 0.15) is 0 Å². The molecule has 0 radical (unpaired) electrons. The van der Waals surface area contributed by atoms with Gasteiger partial charge in [-0.25, -0.2) is 0 Å². The first-order valence-electron chi connectivity index (χ1n) is 6.32. The molecule has 1 aromatic carbocycles. The summed E-state index contributed by atoms with van der Waals surface area (Å²) in [5.74, 6) is 0. The van der Waals surface area contributed by atoms with Gasteiger partial charge in [0.05, 0.1) is 29.7 Å². The van der Waals surface area contributed by atoms with Gasteiger partial charge >= 0.3 is 0 Å². The number of rotatable bonds is 4. The van der Waals surface area contributed by atoms with Gasteiger partial charge in [0.15, 0.2) is 0 Å². The van der Waals surface area contributed by atoms with Crippen LogP contribution in [0.2, 0.25) is 5.02 Å². The quantitative estimate of drug-likeness (QED) is 0.786. The Hall–Kier alpha value is -1.40. The fourth-order valence-corrected chi connectivity index (χ4v) is 2.47. The Bertz CT molecular complexity index is 682. The fourth-order valence-electron chi connectivity index (χ4n) is 2.21. The number of pyridine rings is 1. The third kappa shape index (κ3) is 2.71. The molecule has 0 saturated heterocycles. The van der Waals surface area contributed by atoms with Crippen molar-refractivity contribution in [3.05, 3.63) is 45.3 Å². The first-order valence-corrected chi connectivity index (χ1v) is 6.70. The molecule has 0 aliphatic rings. The number of nitrogens with two attached hydrogens (primary N) is 1. The summed E-state index contributed by atoms with van der Waals surface area (Å²) in [5, 5.41) is 20.0. The van der Waals surface area contributed by atoms with Crippen molar-refractivity contribution < 1.29 is 10.2 Å². The summed E-state index contributed by atoms with van der Waals surface area (Å²) < 4.78 is 1.37. The summed E-state index contributed by atoms with van der Waals surface area (Å²) >= 11 is 6.08. The summed E-state index contributed by atoms with van der Waals surface area (Å²) in [6.07, 6.45) is -1.02. The van der Waals surface area contributed by atoms with E-state index in [9.17, 15) is 9.90 Å². The molecule has 1 unspecified atom stereocenters. The van der Waals surface area contributed by atoms with Gasteiger partial charge in [-0.2, -0.15) is 0 Å². The lowest BCUT2D eigenvalue weighted by atomic mass is 10.1. The molecule has 1 heterocycles. The first kappa shape index (κ1) is 15.0. The summed E-state index contributed by atoms with van der Waals surface area (Å²) in [7, 11) is 0. The Balaban J connectivity index is 2.75. The molecule has 0 bridgehead atoms. The third-order valence-corrected chi connectivity index (χ3v) is 3.51. The lowest BCUT2D eigenvalue weighted by Crippen LogP contribution is -2.32. The number of aliphatic hydroxyl groups is 2. The maximum absolute atomic E-state index is 12.6. The average Bonchev–Trinajstić information content (AvgIpc) is 2.41. The van der Waals surface area contributed by atoms with Crippen LogP contribution in [-0.2, 0) is 6.54 Å². The Morgan fingerprint density at radius 3 is 2.75 bits per heavy atom. The van der Waals surface area contributed by atoms with Crippen LogP contribution in [0.1, 0.15) is 18.7 Å². The van der Waals surface area contributed by atoms with Gasteiger partial charge in [-0.15, -0.1) is 0 Å². The largest absolute Gasteiger partial charge is 0.394 e. The predicted molar refractivity (Wildman–Crippen MR) is 78.9 cm³/mol. The standard InChI is InChI=1S/C14H17ClN2O3/c1-8(16)12-5-9-3-2-4-11(15)13(9)14(20)17(12)6-10(19)7-18/h2-5,8,10,18-19H,6-7,16H2,1H3/t8-,10?/m0/s1. The Kier molecular flexibility index (Phi) is 4.45. The lowest BCUT2D eigenvalue weighted by Gasteiger charge is -2.19. The summed E-state index contributed by atoms with van der Waals surface area (Å²) in [6, 6.07) is 6.61. The Labute approximate surface area is 121 Å². The normalized spacial score (nSPS) is 14.4. The van der Waals surface area contributed by atoms with E-state index in [2.05, 4.69) is 0 Å². The monoisotopic (exact) mass is 296 g/mol. The number of nitrogens with zero attached hydrogens (tertiary/aromatic N) is 1.